The number of hydrogen-bond donors (Lipinski definition) is 2. The third-order valence-corrected chi connectivity index (χ3v) is 3.51. The highest BCUT2D eigenvalue weighted by molar-refractivity contribution is 5.89. The van der Waals surface area contributed by atoms with E-state index < -0.39 is 17.9 Å². The number of nitrogens with one attached hydrogen (secondary N) is 2. The number of benzene rings is 2. The van der Waals surface area contributed by atoms with Gasteiger partial charge in [0.2, 0.25) is 0 Å². The number of rotatable bonds is 4. The van der Waals surface area contributed by atoms with E-state index in [0.717, 1.165) is 5.56 Å². The maximum atomic E-state index is 13.7. The Bertz CT molecular complexity index is 770. The van der Waals surface area contributed by atoms with Gasteiger partial charge in [0.1, 0.15) is 5.82 Å². The molecule has 0 aliphatic rings. The van der Waals surface area contributed by atoms with Gasteiger partial charge in [0, 0.05) is 6.20 Å². The molecule has 0 saturated carbocycles. The van der Waals surface area contributed by atoms with E-state index in [-0.39, 0.29) is 5.69 Å². The first-order chi connectivity index (χ1) is 11.7. The van der Waals surface area contributed by atoms with Gasteiger partial charge in [-0.3, -0.25) is 4.98 Å². The first kappa shape index (κ1) is 15.7. The lowest BCUT2D eigenvalue weighted by atomic mass is 10.0. The highest BCUT2D eigenvalue weighted by Gasteiger charge is 2.18. The molecule has 2 N–H and O–H groups in total. The summed E-state index contributed by atoms with van der Waals surface area (Å²) in [4.78, 5) is 16.6. The molecule has 1 atom stereocenters. The summed E-state index contributed by atoms with van der Waals surface area (Å²) in [6.45, 7) is 0. The van der Waals surface area contributed by atoms with Crippen LogP contribution in [0.15, 0.2) is 79.0 Å². The number of aromatic nitrogens is 1. The SMILES string of the molecule is O=C(Nc1ccccc1F)NC(c1ccccc1)c1ccccn1. The second kappa shape index (κ2) is 7.37. The molecule has 120 valence electrons. The zero-order chi connectivity index (χ0) is 16.8. The van der Waals surface area contributed by atoms with Gasteiger partial charge in [-0.05, 0) is 29.8 Å². The Hall–Kier alpha value is -3.21. The standard InChI is InChI=1S/C19H16FN3O/c20-15-10-4-5-11-16(15)22-19(24)23-18(14-8-2-1-3-9-14)17-12-6-7-13-21-17/h1-13,18H,(H2,22,23,24). The zero-order valence-electron chi connectivity index (χ0n) is 12.8. The van der Waals surface area contributed by atoms with Crippen LogP contribution in [0.4, 0.5) is 14.9 Å². The third kappa shape index (κ3) is 3.76. The first-order valence-electron chi connectivity index (χ1n) is 7.52. The number of pyridine rings is 1. The fourth-order valence-electron chi connectivity index (χ4n) is 2.37. The van der Waals surface area contributed by atoms with Crippen LogP contribution in [-0.4, -0.2) is 11.0 Å². The number of anilines is 1. The Labute approximate surface area is 139 Å². The predicted molar refractivity (Wildman–Crippen MR) is 91.1 cm³/mol. The molecule has 0 aliphatic heterocycles. The molecule has 24 heavy (non-hydrogen) atoms. The van der Waals surface area contributed by atoms with E-state index >= 15 is 0 Å². The van der Waals surface area contributed by atoms with Crippen molar-refractivity contribution in [1.29, 1.82) is 0 Å². The first-order valence-corrected chi connectivity index (χ1v) is 7.52. The van der Waals surface area contributed by atoms with Crippen LogP contribution in [0.2, 0.25) is 0 Å². The maximum absolute atomic E-state index is 13.7. The maximum Gasteiger partial charge on any atom is 0.320 e. The van der Waals surface area contributed by atoms with Crippen LogP contribution < -0.4 is 10.6 Å². The lowest BCUT2D eigenvalue weighted by molar-refractivity contribution is 0.250. The molecule has 4 nitrogen and oxygen atoms in total. The average Bonchev–Trinajstić information content (AvgIpc) is 2.63. The van der Waals surface area contributed by atoms with Crippen molar-refractivity contribution in [3.05, 3.63) is 96.1 Å². The number of halogens is 1. The highest BCUT2D eigenvalue weighted by Crippen LogP contribution is 2.20. The van der Waals surface area contributed by atoms with E-state index in [1.54, 1.807) is 18.3 Å². The summed E-state index contributed by atoms with van der Waals surface area (Å²) in [7, 11) is 0. The number of nitrogens with zero attached hydrogens (tertiary/aromatic N) is 1. The lowest BCUT2D eigenvalue weighted by Crippen LogP contribution is -2.33. The molecule has 3 rings (SSSR count). The van der Waals surface area contributed by atoms with Crippen molar-refractivity contribution >= 4 is 11.7 Å². The number of urea groups is 1. The van der Waals surface area contributed by atoms with Gasteiger partial charge in [0.25, 0.3) is 0 Å². The van der Waals surface area contributed by atoms with E-state index in [9.17, 15) is 9.18 Å². The monoisotopic (exact) mass is 321 g/mol. The molecule has 0 aliphatic carbocycles. The van der Waals surface area contributed by atoms with E-state index in [1.165, 1.54) is 12.1 Å². The molecule has 0 saturated heterocycles. The highest BCUT2D eigenvalue weighted by atomic mass is 19.1. The number of carbonyl (C=O) groups excluding carboxylic acids is 1. The molecule has 1 aromatic heterocycles. The van der Waals surface area contributed by atoms with Gasteiger partial charge >= 0.3 is 6.03 Å². The minimum absolute atomic E-state index is 0.128. The number of carbonyl (C=O) groups is 1. The van der Waals surface area contributed by atoms with Crippen molar-refractivity contribution in [2.45, 2.75) is 6.04 Å². The van der Waals surface area contributed by atoms with Crippen LogP contribution in [-0.2, 0) is 0 Å². The van der Waals surface area contributed by atoms with Gasteiger partial charge in [-0.1, -0.05) is 48.5 Å². The molecule has 0 radical (unpaired) electrons. The molecular formula is C19H16FN3O. The normalized spacial score (nSPS) is 11.5. The van der Waals surface area contributed by atoms with Crippen molar-refractivity contribution in [1.82, 2.24) is 10.3 Å². The van der Waals surface area contributed by atoms with Crippen molar-refractivity contribution in [3.63, 3.8) is 0 Å². The average molecular weight is 321 g/mol. The Balaban J connectivity index is 1.82. The molecule has 0 bridgehead atoms. The Kier molecular flexibility index (Phi) is 4.81. The zero-order valence-corrected chi connectivity index (χ0v) is 12.8. The molecule has 5 heteroatoms. The van der Waals surface area contributed by atoms with Crippen LogP contribution in [0.5, 0.6) is 0 Å². The van der Waals surface area contributed by atoms with Gasteiger partial charge in [-0.15, -0.1) is 0 Å². The summed E-state index contributed by atoms with van der Waals surface area (Å²) in [5.41, 5.74) is 1.72. The summed E-state index contributed by atoms with van der Waals surface area (Å²) in [6, 6.07) is 20.1. The molecule has 0 spiro atoms. The quantitative estimate of drug-likeness (QED) is 0.759. The minimum atomic E-state index is -0.500. The van der Waals surface area contributed by atoms with Crippen molar-refractivity contribution in [2.75, 3.05) is 5.32 Å². The number of hydrogen-bond acceptors (Lipinski definition) is 2. The molecule has 1 heterocycles. The summed E-state index contributed by atoms with van der Waals surface area (Å²) >= 11 is 0. The van der Waals surface area contributed by atoms with Crippen LogP contribution in [0.1, 0.15) is 17.3 Å². The summed E-state index contributed by atoms with van der Waals surface area (Å²) < 4.78 is 13.7. The van der Waals surface area contributed by atoms with E-state index in [1.807, 2.05) is 48.5 Å². The van der Waals surface area contributed by atoms with Crippen molar-refractivity contribution in [2.24, 2.45) is 0 Å². The van der Waals surface area contributed by atoms with Gasteiger partial charge in [-0.2, -0.15) is 0 Å². The van der Waals surface area contributed by atoms with E-state index in [2.05, 4.69) is 15.6 Å². The molecule has 2 amide bonds. The van der Waals surface area contributed by atoms with Crippen LogP contribution >= 0.6 is 0 Å². The second-order valence-corrected chi connectivity index (χ2v) is 5.18. The topological polar surface area (TPSA) is 54.0 Å². The minimum Gasteiger partial charge on any atom is -0.325 e. The Morgan fingerprint density at radius 1 is 0.917 bits per heavy atom. The molecule has 2 aromatic carbocycles. The molecular weight excluding hydrogens is 305 g/mol. The van der Waals surface area contributed by atoms with Crippen LogP contribution in [0.3, 0.4) is 0 Å². The third-order valence-electron chi connectivity index (χ3n) is 3.51. The van der Waals surface area contributed by atoms with Crippen LogP contribution in [0, 0.1) is 5.82 Å². The predicted octanol–water partition coefficient (Wildman–Crippen LogP) is 4.13. The molecule has 3 aromatic rings. The van der Waals surface area contributed by atoms with Crippen LogP contribution in [0.25, 0.3) is 0 Å². The lowest BCUT2D eigenvalue weighted by Gasteiger charge is -2.19. The summed E-state index contributed by atoms with van der Waals surface area (Å²) in [5.74, 6) is -0.484. The van der Waals surface area contributed by atoms with Crippen molar-refractivity contribution < 1.29 is 9.18 Å². The molecule has 1 unspecified atom stereocenters. The van der Waals surface area contributed by atoms with Gasteiger partial charge < -0.3 is 10.6 Å². The van der Waals surface area contributed by atoms with Gasteiger partial charge in [0.05, 0.1) is 17.4 Å². The van der Waals surface area contributed by atoms with E-state index in [4.69, 9.17) is 0 Å². The van der Waals surface area contributed by atoms with Crippen molar-refractivity contribution in [3.8, 4) is 0 Å². The smallest absolute Gasteiger partial charge is 0.320 e. The fourth-order valence-corrected chi connectivity index (χ4v) is 2.37. The van der Waals surface area contributed by atoms with E-state index in [0.29, 0.717) is 5.69 Å². The summed E-state index contributed by atoms with van der Waals surface area (Å²) in [6.07, 6.45) is 1.67. The largest absolute Gasteiger partial charge is 0.325 e. The fraction of sp³-hybridized carbons (Fsp3) is 0.0526. The summed E-state index contributed by atoms with van der Waals surface area (Å²) in [5, 5.41) is 5.37. The van der Waals surface area contributed by atoms with Gasteiger partial charge in [0.15, 0.2) is 0 Å². The Morgan fingerprint density at radius 2 is 1.62 bits per heavy atom. The molecule has 0 fully saturated rings. The second-order valence-electron chi connectivity index (χ2n) is 5.18. The number of amides is 2. The van der Waals surface area contributed by atoms with Gasteiger partial charge in [-0.25, -0.2) is 9.18 Å². The Morgan fingerprint density at radius 3 is 2.33 bits per heavy atom. The number of para-hydroxylation sites is 1.